The summed E-state index contributed by atoms with van der Waals surface area (Å²) >= 11 is 1.55. The number of piperidine rings is 1. The van der Waals surface area contributed by atoms with Gasteiger partial charge in [-0.25, -0.2) is 4.98 Å². The number of hydrogen-bond acceptors (Lipinski definition) is 5. The van der Waals surface area contributed by atoms with E-state index in [1.807, 2.05) is 6.20 Å². The van der Waals surface area contributed by atoms with E-state index in [2.05, 4.69) is 48.9 Å². The Morgan fingerprint density at radius 2 is 2.00 bits per heavy atom. The number of thiazole rings is 1. The smallest absolute Gasteiger partial charge is 0.123 e. The fourth-order valence-electron chi connectivity index (χ4n) is 4.13. The van der Waals surface area contributed by atoms with Crippen molar-refractivity contribution in [3.63, 3.8) is 0 Å². The standard InChI is InChI=1S/C21H28N2O2S/c1-20(2,3)23-10-8-21(9-11-23)7-6-15-12-16(4-5-17(15)25-21)18-13-22-19(14-24)26-18/h4-5,12-13,24H,6-11,14H2,1-3H3. The van der Waals surface area contributed by atoms with E-state index in [9.17, 15) is 5.11 Å². The molecular weight excluding hydrogens is 344 g/mol. The van der Waals surface area contributed by atoms with Crippen LogP contribution in [-0.2, 0) is 13.0 Å². The highest BCUT2D eigenvalue weighted by Gasteiger charge is 2.41. The summed E-state index contributed by atoms with van der Waals surface area (Å²) in [6.07, 6.45) is 6.25. The quantitative estimate of drug-likeness (QED) is 0.855. The Bertz CT molecular complexity index is 786. The van der Waals surface area contributed by atoms with Crippen molar-refractivity contribution in [3.8, 4) is 16.2 Å². The molecule has 5 heteroatoms. The molecule has 1 aromatic heterocycles. The van der Waals surface area contributed by atoms with Crippen molar-refractivity contribution < 1.29 is 9.84 Å². The van der Waals surface area contributed by atoms with Gasteiger partial charge in [0.2, 0.25) is 0 Å². The number of hydrogen-bond donors (Lipinski definition) is 1. The van der Waals surface area contributed by atoms with Crippen molar-refractivity contribution in [2.45, 2.75) is 64.2 Å². The highest BCUT2D eigenvalue weighted by molar-refractivity contribution is 7.15. The Kier molecular flexibility index (Phi) is 4.58. The zero-order valence-corrected chi connectivity index (χ0v) is 16.7. The molecule has 1 saturated heterocycles. The van der Waals surface area contributed by atoms with Crippen LogP contribution in [0.1, 0.15) is 50.6 Å². The van der Waals surface area contributed by atoms with Crippen LogP contribution in [-0.4, -0.2) is 39.2 Å². The van der Waals surface area contributed by atoms with Gasteiger partial charge in [-0.15, -0.1) is 11.3 Å². The van der Waals surface area contributed by atoms with Gasteiger partial charge in [-0.2, -0.15) is 0 Å². The third-order valence-electron chi connectivity index (χ3n) is 5.83. The summed E-state index contributed by atoms with van der Waals surface area (Å²) in [5, 5.41) is 9.99. The van der Waals surface area contributed by atoms with E-state index in [0.717, 1.165) is 54.4 Å². The van der Waals surface area contributed by atoms with Gasteiger partial charge in [0.15, 0.2) is 0 Å². The molecule has 0 unspecified atom stereocenters. The minimum absolute atomic E-state index is 0.00677. The maximum atomic E-state index is 9.22. The van der Waals surface area contributed by atoms with Gasteiger partial charge in [-0.05, 0) is 75.8 Å². The molecular formula is C21H28N2O2S. The molecule has 0 atom stereocenters. The number of aliphatic hydroxyl groups excluding tert-OH is 1. The maximum Gasteiger partial charge on any atom is 0.123 e. The zero-order chi connectivity index (χ0) is 18.4. The van der Waals surface area contributed by atoms with E-state index in [0.29, 0.717) is 0 Å². The van der Waals surface area contributed by atoms with Gasteiger partial charge in [0.1, 0.15) is 16.4 Å². The molecule has 0 aliphatic carbocycles. The molecule has 1 aromatic carbocycles. The van der Waals surface area contributed by atoms with Crippen LogP contribution >= 0.6 is 11.3 Å². The van der Waals surface area contributed by atoms with E-state index < -0.39 is 0 Å². The van der Waals surface area contributed by atoms with Gasteiger partial charge in [-0.3, -0.25) is 4.90 Å². The second-order valence-electron chi connectivity index (χ2n) is 8.54. The highest BCUT2D eigenvalue weighted by atomic mass is 32.1. The summed E-state index contributed by atoms with van der Waals surface area (Å²) in [5.41, 5.74) is 2.73. The average Bonchev–Trinajstić information content (AvgIpc) is 3.10. The van der Waals surface area contributed by atoms with E-state index >= 15 is 0 Å². The van der Waals surface area contributed by atoms with E-state index in [1.165, 1.54) is 11.1 Å². The number of ether oxygens (including phenoxy) is 1. The summed E-state index contributed by atoms with van der Waals surface area (Å²) in [7, 11) is 0. The molecule has 0 amide bonds. The first-order valence-corrected chi connectivity index (χ1v) is 10.3. The number of fused-ring (bicyclic) bond motifs is 1. The van der Waals surface area contributed by atoms with Gasteiger partial charge in [-0.1, -0.05) is 0 Å². The van der Waals surface area contributed by atoms with Gasteiger partial charge in [0, 0.05) is 24.8 Å². The van der Waals surface area contributed by atoms with Crippen molar-refractivity contribution in [1.82, 2.24) is 9.88 Å². The summed E-state index contributed by atoms with van der Waals surface area (Å²) in [6, 6.07) is 6.48. The number of aliphatic hydroxyl groups is 1. The van der Waals surface area contributed by atoms with Crippen LogP contribution in [0.5, 0.6) is 5.75 Å². The molecule has 2 aromatic rings. The Hall–Kier alpha value is -1.43. The summed E-state index contributed by atoms with van der Waals surface area (Å²) < 4.78 is 6.56. The third kappa shape index (κ3) is 3.40. The second kappa shape index (κ2) is 6.63. The molecule has 4 rings (SSSR count). The summed E-state index contributed by atoms with van der Waals surface area (Å²) in [4.78, 5) is 7.93. The fourth-order valence-corrected chi connectivity index (χ4v) is 4.90. The minimum Gasteiger partial charge on any atom is -0.487 e. The molecule has 2 aliphatic heterocycles. The van der Waals surface area contributed by atoms with Crippen LogP contribution in [0.25, 0.3) is 10.4 Å². The first-order valence-electron chi connectivity index (χ1n) is 9.52. The third-order valence-corrected chi connectivity index (χ3v) is 6.86. The van der Waals surface area contributed by atoms with Gasteiger partial charge in [0.05, 0.1) is 11.5 Å². The van der Waals surface area contributed by atoms with E-state index in [1.54, 1.807) is 11.3 Å². The second-order valence-corrected chi connectivity index (χ2v) is 9.66. The number of rotatable bonds is 2. The Balaban J connectivity index is 1.50. The first-order chi connectivity index (χ1) is 12.4. The average molecular weight is 373 g/mol. The van der Waals surface area contributed by atoms with Crippen LogP contribution in [0.2, 0.25) is 0 Å². The van der Waals surface area contributed by atoms with Crippen molar-refractivity contribution >= 4 is 11.3 Å². The van der Waals surface area contributed by atoms with Crippen LogP contribution in [0.3, 0.4) is 0 Å². The van der Waals surface area contributed by atoms with Crippen LogP contribution in [0, 0.1) is 0 Å². The van der Waals surface area contributed by atoms with Crippen LogP contribution < -0.4 is 4.74 Å². The molecule has 1 N–H and O–H groups in total. The predicted octanol–water partition coefficient (Wildman–Crippen LogP) is 4.26. The number of likely N-dealkylation sites (tertiary alicyclic amines) is 1. The number of benzene rings is 1. The van der Waals surface area contributed by atoms with Gasteiger partial charge >= 0.3 is 0 Å². The molecule has 1 fully saturated rings. The Morgan fingerprint density at radius 1 is 1.23 bits per heavy atom. The largest absolute Gasteiger partial charge is 0.487 e. The Morgan fingerprint density at radius 3 is 2.65 bits per heavy atom. The molecule has 26 heavy (non-hydrogen) atoms. The minimum atomic E-state index is 0.00677. The van der Waals surface area contributed by atoms with Crippen LogP contribution in [0.15, 0.2) is 24.4 Å². The molecule has 0 bridgehead atoms. The van der Waals surface area contributed by atoms with E-state index in [-0.39, 0.29) is 17.7 Å². The van der Waals surface area contributed by atoms with Crippen molar-refractivity contribution in [1.29, 1.82) is 0 Å². The molecule has 0 saturated carbocycles. The van der Waals surface area contributed by atoms with Crippen molar-refractivity contribution in [2.75, 3.05) is 13.1 Å². The number of aromatic nitrogens is 1. The van der Waals surface area contributed by atoms with Crippen molar-refractivity contribution in [2.24, 2.45) is 0 Å². The molecule has 0 radical (unpaired) electrons. The zero-order valence-electron chi connectivity index (χ0n) is 15.9. The fraction of sp³-hybridized carbons (Fsp3) is 0.571. The molecule has 140 valence electrons. The number of aryl methyl sites for hydroxylation is 1. The predicted molar refractivity (Wildman–Crippen MR) is 106 cm³/mol. The topological polar surface area (TPSA) is 45.6 Å². The summed E-state index contributed by atoms with van der Waals surface area (Å²) in [5.74, 6) is 1.05. The molecule has 2 aliphatic rings. The van der Waals surface area contributed by atoms with E-state index in [4.69, 9.17) is 4.74 Å². The highest BCUT2D eigenvalue weighted by Crippen LogP contribution is 2.42. The first kappa shape index (κ1) is 18.0. The van der Waals surface area contributed by atoms with Crippen molar-refractivity contribution in [3.05, 3.63) is 35.0 Å². The lowest BCUT2D eigenvalue weighted by Gasteiger charge is -2.48. The molecule has 3 heterocycles. The van der Waals surface area contributed by atoms with Gasteiger partial charge in [0.25, 0.3) is 0 Å². The lowest BCUT2D eigenvalue weighted by molar-refractivity contribution is -0.0355. The maximum absolute atomic E-state index is 9.22. The molecule has 4 nitrogen and oxygen atoms in total. The Labute approximate surface area is 159 Å². The normalized spacial score (nSPS) is 20.0. The summed E-state index contributed by atoms with van der Waals surface area (Å²) in [6.45, 7) is 9.12. The monoisotopic (exact) mass is 372 g/mol. The molecule has 1 spiro atoms. The lowest BCUT2D eigenvalue weighted by Crippen LogP contribution is -2.54. The van der Waals surface area contributed by atoms with Crippen LogP contribution in [0.4, 0.5) is 0 Å². The SMILES string of the molecule is CC(C)(C)N1CCC2(CCc3cc(-c4cnc(CO)s4)ccc3O2)CC1. The lowest BCUT2D eigenvalue weighted by atomic mass is 9.81. The van der Waals surface area contributed by atoms with Gasteiger partial charge < -0.3 is 9.84 Å². The number of nitrogens with zero attached hydrogens (tertiary/aromatic N) is 2.